The molecule has 0 unspecified atom stereocenters. The molecule has 168 valence electrons. The number of carbonyl (C=O) groups is 1. The summed E-state index contributed by atoms with van der Waals surface area (Å²) in [6.07, 6.45) is 0.780. The van der Waals surface area contributed by atoms with Gasteiger partial charge in [0.1, 0.15) is 17.1 Å². The Morgan fingerprint density at radius 3 is 2.44 bits per heavy atom. The predicted molar refractivity (Wildman–Crippen MR) is 123 cm³/mol. The van der Waals surface area contributed by atoms with Crippen LogP contribution in [0.3, 0.4) is 0 Å². The molecule has 0 radical (unpaired) electrons. The third kappa shape index (κ3) is 3.96. The van der Waals surface area contributed by atoms with E-state index in [9.17, 15) is 9.59 Å². The van der Waals surface area contributed by atoms with Gasteiger partial charge in [0.05, 0.1) is 30.7 Å². The first-order chi connectivity index (χ1) is 15.4. The van der Waals surface area contributed by atoms with Crippen LogP contribution in [0.4, 0.5) is 0 Å². The normalized spacial score (nSPS) is 15.5. The summed E-state index contributed by atoms with van der Waals surface area (Å²) in [6.45, 7) is 3.84. The highest BCUT2D eigenvalue weighted by Gasteiger charge is 2.42. The van der Waals surface area contributed by atoms with E-state index in [1.165, 1.54) is 0 Å². The summed E-state index contributed by atoms with van der Waals surface area (Å²) in [6, 6.07) is 12.1. The average molecular weight is 437 g/mol. The molecule has 0 saturated heterocycles. The van der Waals surface area contributed by atoms with Gasteiger partial charge in [-0.05, 0) is 63.8 Å². The molecular formula is C25H28N2O5. The minimum Gasteiger partial charge on any atom is -0.497 e. The van der Waals surface area contributed by atoms with Gasteiger partial charge in [-0.25, -0.2) is 0 Å². The van der Waals surface area contributed by atoms with Crippen molar-refractivity contribution in [1.82, 2.24) is 9.80 Å². The summed E-state index contributed by atoms with van der Waals surface area (Å²) >= 11 is 0. The molecule has 0 N–H and O–H groups in total. The monoisotopic (exact) mass is 436 g/mol. The van der Waals surface area contributed by atoms with Gasteiger partial charge in [-0.2, -0.15) is 0 Å². The summed E-state index contributed by atoms with van der Waals surface area (Å²) in [5.74, 6) is 1.16. The van der Waals surface area contributed by atoms with E-state index in [4.69, 9.17) is 13.9 Å². The number of benzene rings is 2. The van der Waals surface area contributed by atoms with Gasteiger partial charge in [0.2, 0.25) is 5.76 Å². The van der Waals surface area contributed by atoms with Crippen LogP contribution < -0.4 is 14.9 Å². The molecule has 0 spiro atoms. The van der Waals surface area contributed by atoms with Gasteiger partial charge in [-0.3, -0.25) is 9.59 Å². The van der Waals surface area contributed by atoms with Crippen LogP contribution in [0.15, 0.2) is 51.7 Å². The fourth-order valence-corrected chi connectivity index (χ4v) is 4.17. The Hall–Kier alpha value is -3.32. The fourth-order valence-electron chi connectivity index (χ4n) is 4.17. The SMILES string of the molecule is CCOc1ccc([C@H]2c3c(oc4cc(OC)ccc4c3=O)C(=O)N2CCCN(C)C)cc1. The molecule has 2 aromatic carbocycles. The van der Waals surface area contributed by atoms with Gasteiger partial charge in [0.15, 0.2) is 5.43 Å². The van der Waals surface area contributed by atoms with Crippen molar-refractivity contribution < 1.29 is 18.7 Å². The highest BCUT2D eigenvalue weighted by atomic mass is 16.5. The van der Waals surface area contributed by atoms with Crippen molar-refractivity contribution in [3.63, 3.8) is 0 Å². The van der Waals surface area contributed by atoms with Crippen LogP contribution in [0.5, 0.6) is 11.5 Å². The largest absolute Gasteiger partial charge is 0.497 e. The molecule has 1 aliphatic heterocycles. The maximum atomic E-state index is 13.5. The molecule has 1 aromatic heterocycles. The molecule has 2 heterocycles. The Morgan fingerprint density at radius 2 is 1.78 bits per heavy atom. The summed E-state index contributed by atoms with van der Waals surface area (Å²) in [4.78, 5) is 30.7. The van der Waals surface area contributed by atoms with E-state index in [1.54, 1.807) is 30.2 Å². The number of hydrogen-bond donors (Lipinski definition) is 0. The second kappa shape index (κ2) is 9.04. The number of hydrogen-bond acceptors (Lipinski definition) is 6. The number of amides is 1. The lowest BCUT2D eigenvalue weighted by Gasteiger charge is -2.26. The van der Waals surface area contributed by atoms with Crippen LogP contribution in [0.25, 0.3) is 11.0 Å². The van der Waals surface area contributed by atoms with Gasteiger partial charge in [0, 0.05) is 12.6 Å². The summed E-state index contributed by atoms with van der Waals surface area (Å²) < 4.78 is 16.8. The number of methoxy groups -OCH3 is 1. The number of ether oxygens (including phenoxy) is 2. The van der Waals surface area contributed by atoms with Crippen LogP contribution in [0.2, 0.25) is 0 Å². The summed E-state index contributed by atoms with van der Waals surface area (Å²) in [7, 11) is 5.54. The zero-order chi connectivity index (χ0) is 22.8. The second-order valence-electron chi connectivity index (χ2n) is 8.10. The summed E-state index contributed by atoms with van der Waals surface area (Å²) in [5.41, 5.74) is 1.40. The molecule has 1 aliphatic rings. The molecule has 32 heavy (non-hydrogen) atoms. The van der Waals surface area contributed by atoms with Crippen molar-refractivity contribution in [2.24, 2.45) is 0 Å². The quantitative estimate of drug-likeness (QED) is 0.536. The minimum atomic E-state index is -0.502. The van der Waals surface area contributed by atoms with E-state index in [0.29, 0.717) is 35.4 Å². The Balaban J connectivity index is 1.83. The lowest BCUT2D eigenvalue weighted by molar-refractivity contribution is 0.0722. The fraction of sp³-hybridized carbons (Fsp3) is 0.360. The van der Waals surface area contributed by atoms with Gasteiger partial charge in [-0.15, -0.1) is 0 Å². The van der Waals surface area contributed by atoms with Crippen LogP contribution in [0.1, 0.15) is 41.1 Å². The topological polar surface area (TPSA) is 72.2 Å². The Bertz CT molecular complexity index is 1180. The molecule has 3 aromatic rings. The average Bonchev–Trinajstić information content (AvgIpc) is 3.06. The molecule has 1 atom stereocenters. The highest BCUT2D eigenvalue weighted by molar-refractivity contribution is 5.99. The Labute approximate surface area is 187 Å². The van der Waals surface area contributed by atoms with E-state index >= 15 is 0 Å². The third-order valence-electron chi connectivity index (χ3n) is 5.69. The molecule has 7 heteroatoms. The zero-order valence-corrected chi connectivity index (χ0v) is 18.9. The highest BCUT2D eigenvalue weighted by Crippen LogP contribution is 2.39. The summed E-state index contributed by atoms with van der Waals surface area (Å²) in [5, 5.41) is 0.434. The van der Waals surface area contributed by atoms with E-state index in [2.05, 4.69) is 4.90 Å². The first kappa shape index (κ1) is 21.9. The smallest absolute Gasteiger partial charge is 0.290 e. The predicted octanol–water partition coefficient (Wildman–Crippen LogP) is 3.70. The first-order valence-corrected chi connectivity index (χ1v) is 10.8. The van der Waals surface area contributed by atoms with Crippen molar-refractivity contribution in [3.8, 4) is 11.5 Å². The van der Waals surface area contributed by atoms with Crippen molar-refractivity contribution in [2.75, 3.05) is 40.9 Å². The second-order valence-corrected chi connectivity index (χ2v) is 8.10. The van der Waals surface area contributed by atoms with Crippen molar-refractivity contribution in [3.05, 3.63) is 69.6 Å². The van der Waals surface area contributed by atoms with E-state index in [-0.39, 0.29) is 17.1 Å². The molecule has 4 rings (SSSR count). The van der Waals surface area contributed by atoms with Gasteiger partial charge >= 0.3 is 0 Å². The molecule has 7 nitrogen and oxygen atoms in total. The van der Waals surface area contributed by atoms with Gasteiger partial charge in [0.25, 0.3) is 5.91 Å². The van der Waals surface area contributed by atoms with Gasteiger partial charge < -0.3 is 23.7 Å². The lowest BCUT2D eigenvalue weighted by atomic mass is 9.98. The van der Waals surface area contributed by atoms with Crippen molar-refractivity contribution >= 4 is 16.9 Å². The number of rotatable bonds is 8. The number of fused-ring (bicyclic) bond motifs is 2. The third-order valence-corrected chi connectivity index (χ3v) is 5.69. The van der Waals surface area contributed by atoms with E-state index in [1.807, 2.05) is 45.3 Å². The maximum absolute atomic E-state index is 13.5. The van der Waals surface area contributed by atoms with Crippen LogP contribution in [-0.2, 0) is 0 Å². The van der Waals surface area contributed by atoms with Crippen molar-refractivity contribution in [2.45, 2.75) is 19.4 Å². The first-order valence-electron chi connectivity index (χ1n) is 10.8. The van der Waals surface area contributed by atoms with Gasteiger partial charge in [-0.1, -0.05) is 12.1 Å². The molecule has 0 aliphatic carbocycles. The lowest BCUT2D eigenvalue weighted by Crippen LogP contribution is -2.32. The standard InChI is InChI=1S/C25H28N2O5/c1-5-31-17-9-7-16(8-10-17)22-21-23(28)19-12-11-18(30-4)15-20(19)32-24(21)25(29)27(22)14-6-13-26(2)3/h7-12,15,22H,5-6,13-14H2,1-4H3/t22-/m0/s1. The molecule has 0 saturated carbocycles. The molecule has 0 bridgehead atoms. The van der Waals surface area contributed by atoms with Crippen LogP contribution >= 0.6 is 0 Å². The van der Waals surface area contributed by atoms with Crippen molar-refractivity contribution in [1.29, 1.82) is 0 Å². The van der Waals surface area contributed by atoms with E-state index < -0.39 is 6.04 Å². The Morgan fingerprint density at radius 1 is 1.06 bits per heavy atom. The number of nitrogens with zero attached hydrogens (tertiary/aromatic N) is 2. The Kier molecular flexibility index (Phi) is 6.19. The van der Waals surface area contributed by atoms with Crippen LogP contribution in [0, 0.1) is 0 Å². The molecular weight excluding hydrogens is 408 g/mol. The zero-order valence-electron chi connectivity index (χ0n) is 18.9. The minimum absolute atomic E-state index is 0.111. The van der Waals surface area contributed by atoms with E-state index in [0.717, 1.165) is 24.3 Å². The maximum Gasteiger partial charge on any atom is 0.290 e. The molecule has 1 amide bonds. The number of carbonyl (C=O) groups excluding carboxylic acids is 1. The molecule has 0 fully saturated rings. The van der Waals surface area contributed by atoms with Crippen LogP contribution in [-0.4, -0.2) is 56.6 Å².